The molecule has 0 aliphatic heterocycles. The highest BCUT2D eigenvalue weighted by molar-refractivity contribution is 5.68. The summed E-state index contributed by atoms with van der Waals surface area (Å²) in [6.07, 6.45) is 3.60. The van der Waals surface area contributed by atoms with Crippen molar-refractivity contribution in [2.24, 2.45) is 5.92 Å². The van der Waals surface area contributed by atoms with Gasteiger partial charge in [0, 0.05) is 5.41 Å². The Balaban J connectivity index is 1.72. The van der Waals surface area contributed by atoms with Crippen molar-refractivity contribution >= 4 is 5.97 Å². The van der Waals surface area contributed by atoms with Crippen LogP contribution < -0.4 is 4.74 Å². The molecule has 0 bridgehead atoms. The Labute approximate surface area is 177 Å². The monoisotopic (exact) mass is 410 g/mol. The molecule has 1 fully saturated rings. The summed E-state index contributed by atoms with van der Waals surface area (Å²) in [5.41, 5.74) is 0.302. The van der Waals surface area contributed by atoms with Crippen LogP contribution in [0.15, 0.2) is 48.5 Å². The van der Waals surface area contributed by atoms with E-state index in [2.05, 4.69) is 6.92 Å². The van der Waals surface area contributed by atoms with E-state index in [0.717, 1.165) is 30.4 Å². The van der Waals surface area contributed by atoms with E-state index < -0.39 is 17.2 Å². The summed E-state index contributed by atoms with van der Waals surface area (Å²) in [5, 5.41) is 32.1. The average molecular weight is 411 g/mol. The molecule has 3 unspecified atom stereocenters. The maximum absolute atomic E-state index is 11.7. The van der Waals surface area contributed by atoms with Gasteiger partial charge in [-0.15, -0.1) is 0 Å². The number of fused-ring (bicyclic) bond motifs is 3. The number of aryl methyl sites for hydroxylation is 1. The van der Waals surface area contributed by atoms with E-state index in [-0.39, 0.29) is 17.9 Å². The fourth-order valence-corrected chi connectivity index (χ4v) is 5.94. The first kappa shape index (κ1) is 20.9. The summed E-state index contributed by atoms with van der Waals surface area (Å²) in [6.45, 7) is 3.55. The molecule has 4 atom stereocenters. The molecule has 0 aromatic heterocycles. The summed E-state index contributed by atoms with van der Waals surface area (Å²) in [7, 11) is 0. The molecule has 0 spiro atoms. The molecule has 30 heavy (non-hydrogen) atoms. The number of ether oxygens (including phenoxy) is 1. The van der Waals surface area contributed by atoms with Gasteiger partial charge in [-0.3, -0.25) is 0 Å². The summed E-state index contributed by atoms with van der Waals surface area (Å²) in [4.78, 5) is 10.8. The third kappa shape index (κ3) is 3.21. The molecular weight excluding hydrogens is 380 g/mol. The lowest BCUT2D eigenvalue weighted by Gasteiger charge is -2.59. The van der Waals surface area contributed by atoms with Gasteiger partial charge in [-0.25, -0.2) is 4.79 Å². The number of rotatable bonds is 5. The lowest BCUT2D eigenvalue weighted by Crippen LogP contribution is -2.62. The number of carboxylic acids is 1. The summed E-state index contributed by atoms with van der Waals surface area (Å²) in [5.74, 6) is -0.197. The zero-order valence-corrected chi connectivity index (χ0v) is 17.6. The lowest BCUT2D eigenvalue weighted by molar-refractivity contribution is -0.205. The second kappa shape index (κ2) is 7.40. The molecule has 5 heteroatoms. The fourth-order valence-electron chi connectivity index (χ4n) is 5.94. The minimum atomic E-state index is -1.29. The zero-order chi connectivity index (χ0) is 21.6. The van der Waals surface area contributed by atoms with E-state index in [1.54, 1.807) is 6.92 Å². The van der Waals surface area contributed by atoms with Gasteiger partial charge in [-0.2, -0.15) is 0 Å². The van der Waals surface area contributed by atoms with Gasteiger partial charge in [0.05, 0.1) is 5.60 Å². The third-order valence-electron chi connectivity index (χ3n) is 7.49. The topological polar surface area (TPSA) is 87.0 Å². The molecular formula is C25H30O5. The third-order valence-corrected chi connectivity index (χ3v) is 7.49. The molecule has 0 amide bonds. The van der Waals surface area contributed by atoms with Crippen molar-refractivity contribution in [1.82, 2.24) is 0 Å². The van der Waals surface area contributed by atoms with Crippen molar-refractivity contribution in [2.75, 3.05) is 6.61 Å². The second-order valence-corrected chi connectivity index (χ2v) is 9.13. The maximum atomic E-state index is 11.7. The smallest absolute Gasteiger partial charge is 0.341 e. The van der Waals surface area contributed by atoms with Crippen LogP contribution in [0.2, 0.25) is 0 Å². The molecule has 160 valence electrons. The Kier molecular flexibility index (Phi) is 5.15. The first-order valence-electron chi connectivity index (χ1n) is 10.7. The second-order valence-electron chi connectivity index (χ2n) is 9.13. The first-order valence-corrected chi connectivity index (χ1v) is 10.7. The molecule has 0 radical (unpaired) electrons. The summed E-state index contributed by atoms with van der Waals surface area (Å²) < 4.78 is 5.38. The molecule has 4 rings (SSSR count). The highest BCUT2D eigenvalue weighted by atomic mass is 16.5. The SMILES string of the molecule is CCC12CC(C)(O)C(O)(c3ccccc3)C[C@H]1CCc1cc(OCC(=O)O)ccc12. The summed E-state index contributed by atoms with van der Waals surface area (Å²) in [6, 6.07) is 15.3. The molecule has 2 aromatic rings. The normalized spacial score (nSPS) is 32.7. The quantitative estimate of drug-likeness (QED) is 0.698. The van der Waals surface area contributed by atoms with E-state index in [9.17, 15) is 15.0 Å². The number of carbonyl (C=O) groups is 1. The minimum absolute atomic E-state index is 0.233. The van der Waals surface area contributed by atoms with Crippen molar-refractivity contribution in [3.8, 4) is 5.75 Å². The summed E-state index contributed by atoms with van der Waals surface area (Å²) >= 11 is 0. The van der Waals surface area contributed by atoms with Gasteiger partial charge < -0.3 is 20.1 Å². The molecule has 2 aliphatic rings. The van der Waals surface area contributed by atoms with Gasteiger partial charge in [0.15, 0.2) is 6.61 Å². The number of aliphatic carboxylic acids is 1. The largest absolute Gasteiger partial charge is 0.482 e. The number of aliphatic hydroxyl groups is 2. The van der Waals surface area contributed by atoms with Crippen LogP contribution in [0.3, 0.4) is 0 Å². The number of benzene rings is 2. The van der Waals surface area contributed by atoms with Crippen molar-refractivity contribution < 1.29 is 24.9 Å². The Morgan fingerprint density at radius 3 is 2.57 bits per heavy atom. The first-order chi connectivity index (χ1) is 14.2. The average Bonchev–Trinajstić information content (AvgIpc) is 2.73. The highest BCUT2D eigenvalue weighted by Crippen LogP contribution is 2.60. The predicted octanol–water partition coefficient (Wildman–Crippen LogP) is 3.79. The van der Waals surface area contributed by atoms with Crippen LogP contribution in [0.4, 0.5) is 0 Å². The zero-order valence-electron chi connectivity index (χ0n) is 17.6. The van der Waals surface area contributed by atoms with Crippen LogP contribution in [0, 0.1) is 5.92 Å². The van der Waals surface area contributed by atoms with Gasteiger partial charge in [0.1, 0.15) is 11.4 Å². The highest BCUT2D eigenvalue weighted by Gasteiger charge is 2.60. The minimum Gasteiger partial charge on any atom is -0.482 e. The van der Waals surface area contributed by atoms with E-state index in [4.69, 9.17) is 9.84 Å². The fraction of sp³-hybridized carbons (Fsp3) is 0.480. The van der Waals surface area contributed by atoms with Crippen molar-refractivity contribution in [3.05, 3.63) is 65.2 Å². The van der Waals surface area contributed by atoms with E-state index in [0.29, 0.717) is 18.6 Å². The van der Waals surface area contributed by atoms with Crippen LogP contribution in [-0.4, -0.2) is 33.5 Å². The molecule has 3 N–H and O–H groups in total. The van der Waals surface area contributed by atoms with Crippen molar-refractivity contribution in [2.45, 2.75) is 62.6 Å². The molecule has 1 saturated carbocycles. The van der Waals surface area contributed by atoms with E-state index in [1.807, 2.05) is 48.5 Å². The molecule has 5 nitrogen and oxygen atoms in total. The van der Waals surface area contributed by atoms with Crippen LogP contribution in [0.25, 0.3) is 0 Å². The van der Waals surface area contributed by atoms with Crippen LogP contribution in [0.1, 0.15) is 56.2 Å². The van der Waals surface area contributed by atoms with Gasteiger partial charge in [0.2, 0.25) is 0 Å². The van der Waals surface area contributed by atoms with Crippen LogP contribution in [-0.2, 0) is 22.2 Å². The predicted molar refractivity (Wildman–Crippen MR) is 114 cm³/mol. The van der Waals surface area contributed by atoms with Crippen molar-refractivity contribution in [1.29, 1.82) is 0 Å². The van der Waals surface area contributed by atoms with Gasteiger partial charge in [-0.1, -0.05) is 43.3 Å². The Bertz CT molecular complexity index is 938. The molecule has 0 heterocycles. The molecule has 2 aromatic carbocycles. The number of hydrogen-bond donors (Lipinski definition) is 3. The van der Waals surface area contributed by atoms with E-state index >= 15 is 0 Å². The Morgan fingerprint density at radius 2 is 1.90 bits per heavy atom. The number of hydrogen-bond acceptors (Lipinski definition) is 4. The molecule has 0 saturated heterocycles. The van der Waals surface area contributed by atoms with Gasteiger partial charge in [-0.05, 0) is 73.8 Å². The Morgan fingerprint density at radius 1 is 1.17 bits per heavy atom. The number of carboxylic acid groups (broad SMARTS) is 1. The lowest BCUT2D eigenvalue weighted by atomic mass is 9.49. The van der Waals surface area contributed by atoms with Gasteiger partial charge >= 0.3 is 5.97 Å². The maximum Gasteiger partial charge on any atom is 0.341 e. The van der Waals surface area contributed by atoms with Crippen molar-refractivity contribution in [3.63, 3.8) is 0 Å². The van der Waals surface area contributed by atoms with Gasteiger partial charge in [0.25, 0.3) is 0 Å². The van der Waals surface area contributed by atoms with E-state index in [1.165, 1.54) is 5.56 Å². The standard InChI is InChI=1S/C25H30O5/c1-3-24-16-23(2,28)25(29,18-7-5-4-6-8-18)14-19(24)10-9-17-13-20(11-12-21(17)24)30-15-22(26)27/h4-8,11-13,19,28-29H,3,9-10,14-16H2,1-2H3,(H,26,27)/t19-,23?,24?,25?/m1/s1. The molecule has 2 aliphatic carbocycles. The van der Waals surface area contributed by atoms with Crippen LogP contribution in [0.5, 0.6) is 5.75 Å². The Hall–Kier alpha value is -2.37. The van der Waals surface area contributed by atoms with Crippen LogP contribution >= 0.6 is 0 Å².